The molecular formula is C16H25N7O. The molecule has 0 spiro atoms. The van der Waals surface area contributed by atoms with Crippen molar-refractivity contribution in [3.05, 3.63) is 30.2 Å². The molecule has 8 heteroatoms. The smallest absolute Gasteiger partial charge is 0.221 e. The molecule has 0 aliphatic rings. The molecule has 2 aromatic heterocycles. The van der Waals surface area contributed by atoms with Crippen LogP contribution in [0, 0.1) is 0 Å². The molecule has 0 aromatic carbocycles. The maximum Gasteiger partial charge on any atom is 0.221 e. The second-order valence-corrected chi connectivity index (χ2v) is 5.64. The van der Waals surface area contributed by atoms with E-state index in [4.69, 9.17) is 0 Å². The number of nitrogens with one attached hydrogen (secondary N) is 3. The van der Waals surface area contributed by atoms with Crippen molar-refractivity contribution < 1.29 is 4.79 Å². The van der Waals surface area contributed by atoms with Crippen LogP contribution < -0.4 is 16.0 Å². The van der Waals surface area contributed by atoms with Gasteiger partial charge in [-0.15, -0.1) is 10.2 Å². The zero-order chi connectivity index (χ0) is 17.4. The van der Waals surface area contributed by atoms with Crippen molar-refractivity contribution in [2.24, 2.45) is 4.99 Å². The Labute approximate surface area is 141 Å². The monoisotopic (exact) mass is 331 g/mol. The Morgan fingerprint density at radius 2 is 2.12 bits per heavy atom. The van der Waals surface area contributed by atoms with Crippen LogP contribution >= 0.6 is 0 Å². The van der Waals surface area contributed by atoms with Crippen LogP contribution in [0.3, 0.4) is 0 Å². The van der Waals surface area contributed by atoms with Crippen LogP contribution in [0.2, 0.25) is 0 Å². The van der Waals surface area contributed by atoms with Gasteiger partial charge in [-0.05, 0) is 32.9 Å². The van der Waals surface area contributed by atoms with Crippen LogP contribution in [0.25, 0.3) is 5.65 Å². The average molecular weight is 331 g/mol. The van der Waals surface area contributed by atoms with Gasteiger partial charge in [-0.25, -0.2) is 4.99 Å². The van der Waals surface area contributed by atoms with Crippen LogP contribution in [0.5, 0.6) is 0 Å². The van der Waals surface area contributed by atoms with E-state index in [2.05, 4.69) is 31.1 Å². The van der Waals surface area contributed by atoms with Crippen LogP contribution in [0.15, 0.2) is 29.4 Å². The maximum absolute atomic E-state index is 11.7. The van der Waals surface area contributed by atoms with E-state index >= 15 is 0 Å². The van der Waals surface area contributed by atoms with Gasteiger partial charge in [-0.2, -0.15) is 0 Å². The van der Waals surface area contributed by atoms with Gasteiger partial charge in [0.05, 0.1) is 0 Å². The van der Waals surface area contributed by atoms with Crippen molar-refractivity contribution in [3.8, 4) is 0 Å². The van der Waals surface area contributed by atoms with Gasteiger partial charge in [0.15, 0.2) is 17.4 Å². The van der Waals surface area contributed by atoms with Gasteiger partial charge in [0.25, 0.3) is 0 Å². The molecule has 0 saturated heterocycles. The minimum absolute atomic E-state index is 0.0248. The Morgan fingerprint density at radius 1 is 1.29 bits per heavy atom. The summed E-state index contributed by atoms with van der Waals surface area (Å²) in [6.07, 6.45) is 2.31. The molecule has 8 nitrogen and oxygen atoms in total. The topological polar surface area (TPSA) is 95.7 Å². The van der Waals surface area contributed by atoms with Gasteiger partial charge in [-0.3, -0.25) is 9.20 Å². The second-order valence-electron chi connectivity index (χ2n) is 5.64. The molecule has 24 heavy (non-hydrogen) atoms. The lowest BCUT2D eigenvalue weighted by Gasteiger charge is -2.12. The van der Waals surface area contributed by atoms with Gasteiger partial charge in [0, 0.05) is 31.7 Å². The molecule has 130 valence electrons. The van der Waals surface area contributed by atoms with Gasteiger partial charge >= 0.3 is 0 Å². The molecule has 2 aromatic rings. The van der Waals surface area contributed by atoms with E-state index in [1.165, 1.54) is 0 Å². The first kappa shape index (κ1) is 17.7. The summed E-state index contributed by atoms with van der Waals surface area (Å²) in [6.45, 7) is 7.54. The number of aliphatic imine (C=N–C) groups is 1. The number of aromatic nitrogens is 3. The second kappa shape index (κ2) is 8.85. The number of carbonyl (C=O) groups is 1. The lowest BCUT2D eigenvalue weighted by Crippen LogP contribution is -2.40. The molecule has 0 saturated carbocycles. The first-order valence-electron chi connectivity index (χ1n) is 8.20. The number of pyridine rings is 1. The third-order valence-electron chi connectivity index (χ3n) is 3.20. The fraction of sp³-hybridized carbons (Fsp3) is 0.500. The van der Waals surface area contributed by atoms with Gasteiger partial charge in [0.1, 0.15) is 6.54 Å². The Bertz CT molecular complexity index is 693. The summed E-state index contributed by atoms with van der Waals surface area (Å²) < 4.78 is 1.91. The molecule has 0 aliphatic heterocycles. The van der Waals surface area contributed by atoms with Crippen molar-refractivity contribution in [2.75, 3.05) is 13.1 Å². The number of nitrogens with zero attached hydrogens (tertiary/aromatic N) is 4. The molecule has 2 heterocycles. The van der Waals surface area contributed by atoms with Crippen molar-refractivity contribution in [1.82, 2.24) is 30.5 Å². The molecule has 1 amide bonds. The Kier molecular flexibility index (Phi) is 6.53. The number of amides is 1. The highest BCUT2D eigenvalue weighted by atomic mass is 16.1. The molecule has 0 unspecified atom stereocenters. The highest BCUT2D eigenvalue weighted by Gasteiger charge is 2.06. The van der Waals surface area contributed by atoms with Crippen LogP contribution in [-0.2, 0) is 11.3 Å². The van der Waals surface area contributed by atoms with Gasteiger partial charge in [0.2, 0.25) is 5.91 Å². The summed E-state index contributed by atoms with van der Waals surface area (Å²) >= 11 is 0. The lowest BCUT2D eigenvalue weighted by molar-refractivity contribution is -0.121. The predicted octanol–water partition coefficient (Wildman–Crippen LogP) is 0.699. The molecule has 0 aliphatic carbocycles. The lowest BCUT2D eigenvalue weighted by atomic mass is 10.3. The SMILES string of the molecule is CCNC(=NCc1nnc2ccccn12)NCCC(=O)NC(C)C. The summed E-state index contributed by atoms with van der Waals surface area (Å²) in [7, 11) is 0. The molecule has 0 radical (unpaired) electrons. The summed E-state index contributed by atoms with van der Waals surface area (Å²) in [4.78, 5) is 16.2. The summed E-state index contributed by atoms with van der Waals surface area (Å²) in [5.74, 6) is 1.44. The molecule has 0 bridgehead atoms. The largest absolute Gasteiger partial charge is 0.357 e. The molecule has 0 atom stereocenters. The van der Waals surface area contributed by atoms with Crippen molar-refractivity contribution in [3.63, 3.8) is 0 Å². The molecule has 2 rings (SSSR count). The van der Waals surface area contributed by atoms with E-state index in [9.17, 15) is 4.79 Å². The van der Waals surface area contributed by atoms with Gasteiger partial charge < -0.3 is 16.0 Å². The fourth-order valence-corrected chi connectivity index (χ4v) is 2.18. The number of carbonyl (C=O) groups excluding carboxylic acids is 1. The Morgan fingerprint density at radius 3 is 2.88 bits per heavy atom. The van der Waals surface area contributed by atoms with E-state index in [0.29, 0.717) is 25.5 Å². The number of hydrogen-bond acceptors (Lipinski definition) is 4. The predicted molar refractivity (Wildman–Crippen MR) is 93.7 cm³/mol. The quantitative estimate of drug-likeness (QED) is 0.513. The molecular weight excluding hydrogens is 306 g/mol. The summed E-state index contributed by atoms with van der Waals surface area (Å²) in [5, 5.41) is 17.4. The zero-order valence-electron chi connectivity index (χ0n) is 14.4. The third kappa shape index (κ3) is 5.22. The van der Waals surface area contributed by atoms with E-state index in [1.54, 1.807) is 0 Å². The normalized spacial score (nSPS) is 11.8. The Balaban J connectivity index is 1.92. The third-order valence-corrected chi connectivity index (χ3v) is 3.20. The van der Waals surface area contributed by atoms with Crippen molar-refractivity contribution in [2.45, 2.75) is 39.8 Å². The standard InChI is InChI=1S/C16H25N7O/c1-4-17-16(18-9-8-15(24)20-12(2)3)19-11-14-22-21-13-7-5-6-10-23(13)14/h5-7,10,12H,4,8-9,11H2,1-3H3,(H,20,24)(H2,17,18,19). The van der Waals surface area contributed by atoms with E-state index in [0.717, 1.165) is 18.0 Å². The average Bonchev–Trinajstić information content (AvgIpc) is 2.95. The first-order valence-corrected chi connectivity index (χ1v) is 8.20. The first-order chi connectivity index (χ1) is 11.6. The zero-order valence-corrected chi connectivity index (χ0v) is 14.4. The number of hydrogen-bond donors (Lipinski definition) is 3. The van der Waals surface area contributed by atoms with Crippen molar-refractivity contribution in [1.29, 1.82) is 0 Å². The van der Waals surface area contributed by atoms with E-state index in [-0.39, 0.29) is 11.9 Å². The number of guanidine groups is 1. The minimum Gasteiger partial charge on any atom is -0.357 e. The number of rotatable bonds is 7. The molecule has 3 N–H and O–H groups in total. The number of fused-ring (bicyclic) bond motifs is 1. The maximum atomic E-state index is 11.7. The van der Waals surface area contributed by atoms with Crippen LogP contribution in [-0.4, -0.2) is 45.6 Å². The van der Waals surface area contributed by atoms with E-state index in [1.807, 2.05) is 49.6 Å². The van der Waals surface area contributed by atoms with Crippen LogP contribution in [0.1, 0.15) is 33.0 Å². The molecule has 0 fully saturated rings. The van der Waals surface area contributed by atoms with Gasteiger partial charge in [-0.1, -0.05) is 6.07 Å². The van der Waals surface area contributed by atoms with Crippen molar-refractivity contribution >= 4 is 17.5 Å². The summed E-state index contributed by atoms with van der Waals surface area (Å²) in [5.41, 5.74) is 0.797. The highest BCUT2D eigenvalue weighted by molar-refractivity contribution is 5.81. The summed E-state index contributed by atoms with van der Waals surface area (Å²) in [6, 6.07) is 5.91. The fourth-order valence-electron chi connectivity index (χ4n) is 2.18. The van der Waals surface area contributed by atoms with Crippen LogP contribution in [0.4, 0.5) is 0 Å². The highest BCUT2D eigenvalue weighted by Crippen LogP contribution is 2.03. The minimum atomic E-state index is 0.0248. The Hall–Kier alpha value is -2.64. The van der Waals surface area contributed by atoms with E-state index < -0.39 is 0 Å².